The Bertz CT molecular complexity index is 687. The minimum absolute atomic E-state index is 0.226. The Hall–Kier alpha value is -1.99. The highest BCUT2D eigenvalue weighted by Gasteiger charge is 2.27. The summed E-state index contributed by atoms with van der Waals surface area (Å²) in [5.41, 5.74) is 10.4. The number of nitrogens with one attached hydrogen (secondary N) is 1. The van der Waals surface area contributed by atoms with Crippen molar-refractivity contribution >= 4 is 17.5 Å². The summed E-state index contributed by atoms with van der Waals surface area (Å²) in [4.78, 5) is 18.9. The van der Waals surface area contributed by atoms with Crippen LogP contribution in [-0.4, -0.2) is 73.9 Å². The van der Waals surface area contributed by atoms with Crippen LogP contribution in [0.5, 0.6) is 0 Å². The quantitative estimate of drug-likeness (QED) is 0.771. The number of benzene rings is 1. The molecular weight excluding hydrogens is 354 g/mol. The van der Waals surface area contributed by atoms with Crippen molar-refractivity contribution in [3.63, 3.8) is 0 Å². The Labute approximate surface area is 168 Å². The lowest BCUT2D eigenvalue weighted by molar-refractivity contribution is 0.0240. The van der Waals surface area contributed by atoms with E-state index in [0.717, 1.165) is 51.5 Å². The number of amides is 1. The normalized spacial score (nSPS) is 19.0. The number of rotatable bonds is 3. The molecule has 2 heterocycles. The minimum Gasteiger partial charge on any atom is -0.444 e. The highest BCUT2D eigenvalue weighted by Crippen LogP contribution is 2.29. The lowest BCUT2D eigenvalue weighted by Crippen LogP contribution is -2.50. The number of carbonyl (C=O) groups is 1. The smallest absolute Gasteiger partial charge is 0.410 e. The van der Waals surface area contributed by atoms with Gasteiger partial charge in [0, 0.05) is 70.3 Å². The Morgan fingerprint density at radius 1 is 1.11 bits per heavy atom. The van der Waals surface area contributed by atoms with E-state index in [1.165, 1.54) is 16.8 Å². The first-order valence-corrected chi connectivity index (χ1v) is 10.3. The average molecular weight is 390 g/mol. The van der Waals surface area contributed by atoms with E-state index in [9.17, 15) is 4.79 Å². The maximum absolute atomic E-state index is 12.3. The zero-order valence-corrected chi connectivity index (χ0v) is 17.8. The van der Waals surface area contributed by atoms with E-state index in [2.05, 4.69) is 34.2 Å². The van der Waals surface area contributed by atoms with E-state index in [1.54, 1.807) is 4.90 Å². The highest BCUT2D eigenvalue weighted by atomic mass is 16.6. The third-order valence-corrected chi connectivity index (χ3v) is 5.39. The number of nitrogens with two attached hydrogens (primary N) is 1. The van der Waals surface area contributed by atoms with Crippen molar-refractivity contribution in [2.75, 3.05) is 63.0 Å². The summed E-state index contributed by atoms with van der Waals surface area (Å²) in [6.07, 6.45) is -0.226. The molecule has 2 saturated heterocycles. The topological polar surface area (TPSA) is 74.1 Å². The maximum Gasteiger partial charge on any atom is 0.410 e. The molecule has 7 heteroatoms. The molecule has 28 heavy (non-hydrogen) atoms. The second kappa shape index (κ2) is 8.57. The van der Waals surface area contributed by atoms with Crippen molar-refractivity contribution in [1.29, 1.82) is 0 Å². The van der Waals surface area contributed by atoms with E-state index >= 15 is 0 Å². The number of nitrogen functional groups attached to an aromatic ring is 1. The molecule has 1 amide bonds. The van der Waals surface area contributed by atoms with Gasteiger partial charge in [0.15, 0.2) is 0 Å². The van der Waals surface area contributed by atoms with E-state index in [1.807, 2.05) is 20.8 Å². The molecule has 3 rings (SSSR count). The number of piperazine rings is 2. The number of hydrogen-bond donors (Lipinski definition) is 2. The van der Waals surface area contributed by atoms with Crippen LogP contribution in [-0.2, 0) is 11.3 Å². The van der Waals surface area contributed by atoms with E-state index < -0.39 is 5.60 Å². The first-order valence-electron chi connectivity index (χ1n) is 10.3. The lowest BCUT2D eigenvalue weighted by Gasteiger charge is -2.38. The molecule has 7 nitrogen and oxygen atoms in total. The SMILES string of the molecule is Cc1c(CN2CCNCC2)cc(N)cc1N1CCN(C(=O)OC(C)(C)C)CC1. The average Bonchev–Trinajstić information content (AvgIpc) is 2.64. The molecule has 0 unspecified atom stereocenters. The van der Waals surface area contributed by atoms with Crippen molar-refractivity contribution in [1.82, 2.24) is 15.1 Å². The van der Waals surface area contributed by atoms with Crippen LogP contribution in [0.3, 0.4) is 0 Å². The van der Waals surface area contributed by atoms with Gasteiger partial charge in [0.1, 0.15) is 5.60 Å². The predicted molar refractivity (Wildman–Crippen MR) is 114 cm³/mol. The number of carbonyl (C=O) groups excluding carboxylic acids is 1. The molecule has 0 bridgehead atoms. The summed E-state index contributed by atoms with van der Waals surface area (Å²) < 4.78 is 5.50. The molecule has 0 radical (unpaired) electrons. The van der Waals surface area contributed by atoms with E-state index in [-0.39, 0.29) is 6.09 Å². The molecular formula is C21H35N5O2. The summed E-state index contributed by atoms with van der Waals surface area (Å²) in [5, 5.41) is 3.40. The molecule has 2 aliphatic heterocycles. The van der Waals surface area contributed by atoms with Gasteiger partial charge in [-0.3, -0.25) is 4.90 Å². The molecule has 2 aliphatic rings. The second-order valence-corrected chi connectivity index (χ2v) is 8.80. The Morgan fingerprint density at radius 3 is 2.36 bits per heavy atom. The number of hydrogen-bond acceptors (Lipinski definition) is 6. The van der Waals surface area contributed by atoms with Crippen LogP contribution in [0.1, 0.15) is 31.9 Å². The van der Waals surface area contributed by atoms with Crippen molar-refractivity contribution in [2.24, 2.45) is 0 Å². The summed E-state index contributed by atoms with van der Waals surface area (Å²) in [6, 6.07) is 4.18. The standard InChI is InChI=1S/C21H35N5O2/c1-16-17(15-24-7-5-23-6-8-24)13-18(22)14-19(16)25-9-11-26(12-10-25)20(27)28-21(2,3)4/h13-14,23H,5-12,15,22H2,1-4H3. The van der Waals surface area contributed by atoms with Crippen LogP contribution < -0.4 is 16.0 Å². The molecule has 0 aliphatic carbocycles. The summed E-state index contributed by atoms with van der Waals surface area (Å²) in [7, 11) is 0. The van der Waals surface area contributed by atoms with Crippen molar-refractivity contribution in [3.8, 4) is 0 Å². The van der Waals surface area contributed by atoms with Gasteiger partial charge in [0.25, 0.3) is 0 Å². The van der Waals surface area contributed by atoms with Crippen LogP contribution in [0, 0.1) is 6.92 Å². The fourth-order valence-electron chi connectivity index (χ4n) is 3.84. The number of nitrogens with zero attached hydrogens (tertiary/aromatic N) is 3. The molecule has 3 N–H and O–H groups in total. The van der Waals surface area contributed by atoms with Gasteiger partial charge in [0.05, 0.1) is 0 Å². The van der Waals surface area contributed by atoms with Crippen LogP contribution in [0.25, 0.3) is 0 Å². The fraction of sp³-hybridized carbons (Fsp3) is 0.667. The van der Waals surface area contributed by atoms with E-state index in [0.29, 0.717) is 13.1 Å². The third-order valence-electron chi connectivity index (χ3n) is 5.39. The fourth-order valence-corrected chi connectivity index (χ4v) is 3.84. The maximum atomic E-state index is 12.3. The van der Waals surface area contributed by atoms with Crippen LogP contribution in [0.15, 0.2) is 12.1 Å². The molecule has 2 fully saturated rings. The van der Waals surface area contributed by atoms with Gasteiger partial charge >= 0.3 is 6.09 Å². The van der Waals surface area contributed by atoms with Gasteiger partial charge in [-0.25, -0.2) is 4.79 Å². The first-order chi connectivity index (χ1) is 13.2. The molecule has 0 saturated carbocycles. The Morgan fingerprint density at radius 2 is 1.75 bits per heavy atom. The van der Waals surface area contributed by atoms with Crippen LogP contribution >= 0.6 is 0 Å². The van der Waals surface area contributed by atoms with Gasteiger partial charge in [-0.1, -0.05) is 0 Å². The summed E-state index contributed by atoms with van der Waals surface area (Å²) >= 11 is 0. The monoisotopic (exact) mass is 389 g/mol. The molecule has 1 aromatic rings. The van der Waals surface area contributed by atoms with Crippen molar-refractivity contribution < 1.29 is 9.53 Å². The summed E-state index contributed by atoms with van der Waals surface area (Å²) in [6.45, 7) is 15.9. The van der Waals surface area contributed by atoms with Gasteiger partial charge in [-0.2, -0.15) is 0 Å². The van der Waals surface area contributed by atoms with Crippen molar-refractivity contribution in [3.05, 3.63) is 23.3 Å². The first kappa shape index (κ1) is 20.7. The Balaban J connectivity index is 1.66. The zero-order chi connectivity index (χ0) is 20.3. The van der Waals surface area contributed by atoms with E-state index in [4.69, 9.17) is 10.5 Å². The molecule has 1 aromatic carbocycles. The highest BCUT2D eigenvalue weighted by molar-refractivity contribution is 5.69. The number of ether oxygens (including phenoxy) is 1. The molecule has 156 valence electrons. The Kier molecular flexibility index (Phi) is 6.35. The van der Waals surface area contributed by atoms with Crippen molar-refractivity contribution in [2.45, 2.75) is 39.8 Å². The van der Waals surface area contributed by atoms with Gasteiger partial charge in [-0.15, -0.1) is 0 Å². The minimum atomic E-state index is -0.461. The second-order valence-electron chi connectivity index (χ2n) is 8.80. The molecule has 0 atom stereocenters. The van der Waals surface area contributed by atoms with Crippen LogP contribution in [0.2, 0.25) is 0 Å². The van der Waals surface area contributed by atoms with Gasteiger partial charge < -0.3 is 25.6 Å². The third kappa shape index (κ3) is 5.29. The molecule has 0 aromatic heterocycles. The largest absolute Gasteiger partial charge is 0.444 e. The molecule has 0 spiro atoms. The lowest BCUT2D eigenvalue weighted by atomic mass is 10.0. The van der Waals surface area contributed by atoms with Gasteiger partial charge in [-0.05, 0) is 51.0 Å². The predicted octanol–water partition coefficient (Wildman–Crippen LogP) is 2.04. The number of anilines is 2. The van der Waals surface area contributed by atoms with Crippen LogP contribution in [0.4, 0.5) is 16.2 Å². The zero-order valence-electron chi connectivity index (χ0n) is 17.8. The van der Waals surface area contributed by atoms with Gasteiger partial charge in [0.2, 0.25) is 0 Å². The summed E-state index contributed by atoms with van der Waals surface area (Å²) in [5.74, 6) is 0.